The number of hydrogen-bond donors (Lipinski definition) is 0. The van der Waals surface area contributed by atoms with Crippen molar-refractivity contribution in [1.29, 1.82) is 0 Å². The van der Waals surface area contributed by atoms with Crippen LogP contribution < -0.4 is 9.47 Å². The van der Waals surface area contributed by atoms with Crippen molar-refractivity contribution in [2.45, 2.75) is 26.6 Å². The van der Waals surface area contributed by atoms with Crippen LogP contribution in [0.25, 0.3) is 0 Å². The van der Waals surface area contributed by atoms with Gasteiger partial charge in [0.25, 0.3) is 0 Å². The summed E-state index contributed by atoms with van der Waals surface area (Å²) in [6.45, 7) is 8.13. The van der Waals surface area contributed by atoms with Crippen molar-refractivity contribution < 1.29 is 14.3 Å². The Morgan fingerprint density at radius 3 is 2.83 bits per heavy atom. The number of aromatic nitrogens is 3. The highest BCUT2D eigenvalue weighted by Gasteiger charge is 2.17. The first-order valence-corrected chi connectivity index (χ1v) is 7.88. The predicted molar refractivity (Wildman–Crippen MR) is 87.6 cm³/mol. The molecule has 1 aromatic carbocycles. The minimum atomic E-state index is -0.157. The molecule has 0 saturated heterocycles. The highest BCUT2D eigenvalue weighted by Crippen LogP contribution is 2.31. The first-order valence-electron chi connectivity index (χ1n) is 7.88. The molecular formula is C17H20N4O3. The molecule has 2 heterocycles. The lowest BCUT2D eigenvalue weighted by Crippen LogP contribution is -2.28. The minimum absolute atomic E-state index is 0.157. The van der Waals surface area contributed by atoms with E-state index in [1.165, 1.54) is 6.08 Å². The number of ether oxygens (including phenoxy) is 2. The normalized spacial score (nSPS) is 12.7. The highest BCUT2D eigenvalue weighted by molar-refractivity contribution is 5.86. The number of benzene rings is 1. The maximum absolute atomic E-state index is 12.2. The van der Waals surface area contributed by atoms with Crippen LogP contribution in [-0.2, 0) is 24.4 Å². The topological polar surface area (TPSA) is 69.5 Å². The van der Waals surface area contributed by atoms with Gasteiger partial charge in [0.1, 0.15) is 18.9 Å². The molecule has 0 aliphatic carbocycles. The second-order valence-electron chi connectivity index (χ2n) is 5.40. The van der Waals surface area contributed by atoms with Gasteiger partial charge in [-0.05, 0) is 30.7 Å². The summed E-state index contributed by atoms with van der Waals surface area (Å²) in [5.74, 6) is 1.29. The fourth-order valence-electron chi connectivity index (χ4n) is 2.50. The summed E-state index contributed by atoms with van der Waals surface area (Å²) in [5.41, 5.74) is 1.70. The lowest BCUT2D eigenvalue weighted by molar-refractivity contribution is -0.127. The van der Waals surface area contributed by atoms with Gasteiger partial charge >= 0.3 is 0 Å². The molecule has 0 fully saturated rings. The van der Waals surface area contributed by atoms with Crippen LogP contribution in [0.3, 0.4) is 0 Å². The summed E-state index contributed by atoms with van der Waals surface area (Å²) < 4.78 is 11.1. The lowest BCUT2D eigenvalue weighted by Gasteiger charge is -2.22. The first kappa shape index (κ1) is 16.0. The number of hydrogen-bond acceptors (Lipinski definition) is 5. The lowest BCUT2D eigenvalue weighted by atomic mass is 10.1. The summed E-state index contributed by atoms with van der Waals surface area (Å²) in [6, 6.07) is 5.70. The fourth-order valence-corrected chi connectivity index (χ4v) is 2.50. The Bertz CT molecular complexity index is 741. The smallest absolute Gasteiger partial charge is 0.246 e. The largest absolute Gasteiger partial charge is 0.486 e. The summed E-state index contributed by atoms with van der Waals surface area (Å²) in [7, 11) is 0. The fraction of sp³-hybridized carbons (Fsp3) is 0.353. The van der Waals surface area contributed by atoms with Gasteiger partial charge in [-0.2, -0.15) is 15.0 Å². The number of carbonyl (C=O) groups is 1. The van der Waals surface area contributed by atoms with Crippen molar-refractivity contribution in [3.63, 3.8) is 0 Å². The molecule has 1 aliphatic rings. The molecule has 0 atom stereocenters. The van der Waals surface area contributed by atoms with Gasteiger partial charge in [0.05, 0.1) is 19.3 Å². The number of rotatable bonds is 6. The van der Waals surface area contributed by atoms with E-state index in [1.54, 1.807) is 15.9 Å². The van der Waals surface area contributed by atoms with Crippen LogP contribution in [0.15, 0.2) is 37.1 Å². The van der Waals surface area contributed by atoms with Crippen LogP contribution in [0.2, 0.25) is 0 Å². The van der Waals surface area contributed by atoms with Crippen LogP contribution in [-0.4, -0.2) is 39.0 Å². The first-order chi connectivity index (χ1) is 11.7. The van der Waals surface area contributed by atoms with Crippen molar-refractivity contribution in [2.24, 2.45) is 0 Å². The van der Waals surface area contributed by atoms with Gasteiger partial charge < -0.3 is 14.4 Å². The molecule has 24 heavy (non-hydrogen) atoms. The number of fused-ring (bicyclic) bond motifs is 1. The van der Waals surface area contributed by atoms with Gasteiger partial charge in [-0.3, -0.25) is 4.79 Å². The van der Waals surface area contributed by atoms with Crippen molar-refractivity contribution in [2.75, 3.05) is 13.2 Å². The molecule has 0 N–H and O–H groups in total. The number of carbonyl (C=O) groups excluding carboxylic acids is 1. The van der Waals surface area contributed by atoms with E-state index in [0.717, 1.165) is 17.0 Å². The van der Waals surface area contributed by atoms with E-state index in [2.05, 4.69) is 16.8 Å². The van der Waals surface area contributed by atoms with E-state index in [-0.39, 0.29) is 5.91 Å². The molecule has 7 heteroatoms. The van der Waals surface area contributed by atoms with Crippen molar-refractivity contribution in [3.05, 3.63) is 48.3 Å². The van der Waals surface area contributed by atoms with Crippen LogP contribution in [0, 0.1) is 0 Å². The van der Waals surface area contributed by atoms with E-state index < -0.39 is 0 Å². The monoisotopic (exact) mass is 328 g/mol. The molecule has 1 aromatic heterocycles. The maximum atomic E-state index is 12.2. The Labute approximate surface area is 140 Å². The second-order valence-corrected chi connectivity index (χ2v) is 5.40. The molecule has 7 nitrogen and oxygen atoms in total. The van der Waals surface area contributed by atoms with Gasteiger partial charge in [-0.25, -0.2) is 0 Å². The summed E-state index contributed by atoms with van der Waals surface area (Å²) in [4.78, 5) is 15.4. The Balaban J connectivity index is 1.76. The third kappa shape index (κ3) is 3.56. The number of aryl methyl sites for hydroxylation is 1. The van der Waals surface area contributed by atoms with Crippen LogP contribution >= 0.6 is 0 Å². The molecule has 0 bridgehead atoms. The zero-order valence-electron chi connectivity index (χ0n) is 13.6. The average Bonchev–Trinajstić information content (AvgIpc) is 3.08. The molecule has 0 spiro atoms. The van der Waals surface area contributed by atoms with Crippen LogP contribution in [0.5, 0.6) is 11.5 Å². The maximum Gasteiger partial charge on any atom is 0.246 e. The molecule has 3 rings (SSSR count). The van der Waals surface area contributed by atoms with E-state index in [1.807, 2.05) is 25.1 Å². The molecule has 126 valence electrons. The molecular weight excluding hydrogens is 308 g/mol. The predicted octanol–water partition coefficient (Wildman–Crippen LogP) is 1.78. The number of amides is 1. The van der Waals surface area contributed by atoms with Crippen molar-refractivity contribution in [3.8, 4) is 11.5 Å². The van der Waals surface area contributed by atoms with E-state index in [9.17, 15) is 4.79 Å². The van der Waals surface area contributed by atoms with Crippen LogP contribution in [0.4, 0.5) is 0 Å². The van der Waals surface area contributed by atoms with Gasteiger partial charge in [-0.1, -0.05) is 12.6 Å². The van der Waals surface area contributed by atoms with E-state index in [0.29, 0.717) is 38.6 Å². The van der Waals surface area contributed by atoms with Gasteiger partial charge in [0, 0.05) is 6.54 Å². The van der Waals surface area contributed by atoms with Crippen molar-refractivity contribution >= 4 is 5.91 Å². The number of nitrogens with zero attached hydrogens (tertiary/aromatic N) is 4. The molecule has 2 aromatic rings. The summed E-state index contributed by atoms with van der Waals surface area (Å²) in [6.07, 6.45) is 2.99. The molecule has 1 amide bonds. The third-order valence-electron chi connectivity index (χ3n) is 3.69. The molecule has 1 aliphatic heterocycles. The van der Waals surface area contributed by atoms with Gasteiger partial charge in [0.2, 0.25) is 5.91 Å². The van der Waals surface area contributed by atoms with E-state index >= 15 is 0 Å². The zero-order valence-corrected chi connectivity index (χ0v) is 13.6. The summed E-state index contributed by atoms with van der Waals surface area (Å²) >= 11 is 0. The van der Waals surface area contributed by atoms with Gasteiger partial charge in [0.15, 0.2) is 11.5 Å². The van der Waals surface area contributed by atoms with E-state index in [4.69, 9.17) is 9.47 Å². The Hall–Kier alpha value is -2.83. The molecule has 0 saturated carbocycles. The molecule has 0 unspecified atom stereocenters. The standard InChI is InChI=1S/C17H20N4O3/c1-3-17(22)20(12-14-10-18-21(4-2)19-14)11-13-5-6-15-16(9-13)24-8-7-23-15/h3,5-6,9-10H,1,4,7-8,11-12H2,2H3. The second kappa shape index (κ2) is 7.16. The van der Waals surface area contributed by atoms with Crippen molar-refractivity contribution in [1.82, 2.24) is 19.9 Å². The molecule has 0 radical (unpaired) electrons. The highest BCUT2D eigenvalue weighted by atomic mass is 16.6. The summed E-state index contributed by atoms with van der Waals surface area (Å²) in [5, 5.41) is 8.47. The quantitative estimate of drug-likeness (QED) is 0.756. The Kier molecular flexibility index (Phi) is 4.79. The van der Waals surface area contributed by atoms with Gasteiger partial charge in [-0.15, -0.1) is 0 Å². The third-order valence-corrected chi connectivity index (χ3v) is 3.69. The minimum Gasteiger partial charge on any atom is -0.486 e. The zero-order chi connectivity index (χ0) is 16.9. The van der Waals surface area contributed by atoms with Crippen LogP contribution in [0.1, 0.15) is 18.2 Å². The Morgan fingerprint density at radius 2 is 2.12 bits per heavy atom. The average molecular weight is 328 g/mol. The Morgan fingerprint density at radius 1 is 1.33 bits per heavy atom. The SMILES string of the molecule is C=CC(=O)N(Cc1ccc2c(c1)OCCO2)Cc1cnn(CC)n1.